The molecule has 4 rings (SSSR count). The third-order valence-electron chi connectivity index (χ3n) is 5.64. The lowest BCUT2D eigenvalue weighted by molar-refractivity contribution is -0.116. The third kappa shape index (κ3) is 5.10. The molecule has 9 nitrogen and oxygen atoms in total. The summed E-state index contributed by atoms with van der Waals surface area (Å²) in [5.41, 5.74) is 7.54. The largest absolute Gasteiger partial charge is 0.457 e. The van der Waals surface area contributed by atoms with Crippen molar-refractivity contribution in [3.8, 4) is 17.2 Å². The van der Waals surface area contributed by atoms with Crippen molar-refractivity contribution in [3.63, 3.8) is 0 Å². The van der Waals surface area contributed by atoms with Gasteiger partial charge in [-0.15, -0.1) is 0 Å². The van der Waals surface area contributed by atoms with Crippen LogP contribution in [0.4, 0.5) is 5.82 Å². The van der Waals surface area contributed by atoms with E-state index in [9.17, 15) is 14.7 Å². The number of carbonyl (C=O) groups is 1. The van der Waals surface area contributed by atoms with E-state index in [1.807, 2.05) is 30.3 Å². The van der Waals surface area contributed by atoms with Crippen LogP contribution in [0.15, 0.2) is 84.3 Å². The molecular weight excluding hydrogens is 446 g/mol. The quantitative estimate of drug-likeness (QED) is 0.304. The number of benzene rings is 2. The summed E-state index contributed by atoms with van der Waals surface area (Å²) in [4.78, 5) is 29.7. The molecule has 0 aliphatic rings. The maximum atomic E-state index is 13.8. The van der Waals surface area contributed by atoms with Crippen LogP contribution in [0.25, 0.3) is 16.7 Å². The molecule has 9 heteroatoms. The summed E-state index contributed by atoms with van der Waals surface area (Å²) in [6.45, 7) is 3.62. The Kier molecular flexibility index (Phi) is 7.27. The van der Waals surface area contributed by atoms with Crippen LogP contribution in [0.3, 0.4) is 0 Å². The zero-order chi connectivity index (χ0) is 24.8. The highest BCUT2D eigenvalue weighted by molar-refractivity contribution is 5.88. The monoisotopic (exact) mass is 473 g/mol. The zero-order valence-electron chi connectivity index (χ0n) is 19.1. The molecule has 4 aromatic rings. The van der Waals surface area contributed by atoms with Gasteiger partial charge < -0.3 is 20.9 Å². The van der Waals surface area contributed by atoms with Gasteiger partial charge in [0.25, 0.3) is 0 Å². The second kappa shape index (κ2) is 10.7. The molecule has 1 amide bonds. The molecule has 4 N–H and O–H groups in total. The molecule has 2 aromatic heterocycles. The number of nitrogens with two attached hydrogens (primary N) is 1. The highest BCUT2D eigenvalue weighted by Gasteiger charge is 2.23. The Bertz CT molecular complexity index is 1380. The molecule has 0 bridgehead atoms. The van der Waals surface area contributed by atoms with Gasteiger partial charge in [0, 0.05) is 19.3 Å². The first-order valence-corrected chi connectivity index (χ1v) is 11.3. The van der Waals surface area contributed by atoms with Crippen LogP contribution >= 0.6 is 0 Å². The van der Waals surface area contributed by atoms with Gasteiger partial charge in [-0.05, 0) is 61.4 Å². The second-order valence-corrected chi connectivity index (χ2v) is 7.93. The minimum absolute atomic E-state index is 0.0358. The normalized spacial score (nSPS) is 11.8. The van der Waals surface area contributed by atoms with Crippen molar-refractivity contribution in [1.82, 2.24) is 19.4 Å². The van der Waals surface area contributed by atoms with E-state index in [-0.39, 0.29) is 30.6 Å². The Balaban J connectivity index is 1.77. The summed E-state index contributed by atoms with van der Waals surface area (Å²) < 4.78 is 8.96. The molecule has 0 aliphatic carbocycles. The number of carbonyl (C=O) groups excluding carboxylic acids is 1. The molecule has 0 fully saturated rings. The molecule has 2 aromatic carbocycles. The lowest BCUT2D eigenvalue weighted by Gasteiger charge is -2.19. The SMILES string of the molecule is C=CC(=O)NC[C@@H](CCCO)n1c(=O)n(-c2ccc(Oc3ccccc3)cc2)c2c(N)nccc21. The number of hydrogen-bond acceptors (Lipinski definition) is 6. The van der Waals surface area contributed by atoms with Gasteiger partial charge in [-0.1, -0.05) is 24.8 Å². The fourth-order valence-corrected chi connectivity index (χ4v) is 4.01. The van der Waals surface area contributed by atoms with E-state index in [1.54, 1.807) is 41.1 Å². The Morgan fingerprint density at radius 3 is 2.54 bits per heavy atom. The van der Waals surface area contributed by atoms with E-state index in [1.165, 1.54) is 10.6 Å². The molecular formula is C26H27N5O4. The molecule has 0 unspecified atom stereocenters. The number of hydrogen-bond donors (Lipinski definition) is 3. The summed E-state index contributed by atoms with van der Waals surface area (Å²) >= 11 is 0. The number of imidazole rings is 1. The molecule has 0 saturated heterocycles. The number of anilines is 1. The number of pyridine rings is 1. The number of aliphatic hydroxyl groups is 1. The average molecular weight is 474 g/mol. The number of rotatable bonds is 10. The van der Waals surface area contributed by atoms with E-state index in [0.29, 0.717) is 41.1 Å². The van der Waals surface area contributed by atoms with E-state index < -0.39 is 6.04 Å². The lowest BCUT2D eigenvalue weighted by atomic mass is 10.1. The predicted molar refractivity (Wildman–Crippen MR) is 135 cm³/mol. The van der Waals surface area contributed by atoms with Crippen molar-refractivity contribution >= 4 is 22.8 Å². The van der Waals surface area contributed by atoms with E-state index in [4.69, 9.17) is 10.5 Å². The minimum Gasteiger partial charge on any atom is -0.457 e. The first-order chi connectivity index (χ1) is 17.0. The number of ether oxygens (including phenoxy) is 1. The summed E-state index contributed by atoms with van der Waals surface area (Å²) in [6, 6.07) is 17.8. The van der Waals surface area contributed by atoms with Crippen molar-refractivity contribution in [2.45, 2.75) is 18.9 Å². The Morgan fingerprint density at radius 1 is 1.14 bits per heavy atom. The molecule has 0 spiro atoms. The van der Waals surface area contributed by atoms with Crippen LogP contribution < -0.4 is 21.5 Å². The fraction of sp³-hybridized carbons (Fsp3) is 0.192. The van der Waals surface area contributed by atoms with Gasteiger partial charge in [-0.25, -0.2) is 9.78 Å². The first-order valence-electron chi connectivity index (χ1n) is 11.3. The number of nitrogens with zero attached hydrogens (tertiary/aromatic N) is 3. The molecule has 0 saturated carbocycles. The number of nitrogen functional groups attached to an aromatic ring is 1. The summed E-state index contributed by atoms with van der Waals surface area (Å²) in [6.07, 6.45) is 3.65. The number of aromatic nitrogens is 3. The first kappa shape index (κ1) is 23.8. The van der Waals surface area contributed by atoms with Crippen molar-refractivity contribution < 1.29 is 14.6 Å². The van der Waals surface area contributed by atoms with Crippen LogP contribution in [-0.2, 0) is 4.79 Å². The van der Waals surface area contributed by atoms with E-state index in [2.05, 4.69) is 16.9 Å². The van der Waals surface area contributed by atoms with Gasteiger partial charge >= 0.3 is 5.69 Å². The maximum Gasteiger partial charge on any atom is 0.334 e. The smallest absolute Gasteiger partial charge is 0.334 e. The minimum atomic E-state index is -0.412. The third-order valence-corrected chi connectivity index (χ3v) is 5.64. The van der Waals surface area contributed by atoms with Gasteiger partial charge in [-0.2, -0.15) is 0 Å². The van der Waals surface area contributed by atoms with Gasteiger partial charge in [0.15, 0.2) is 0 Å². The number of amides is 1. The summed E-state index contributed by atoms with van der Waals surface area (Å²) in [5, 5.41) is 12.1. The molecule has 1 atom stereocenters. The summed E-state index contributed by atoms with van der Waals surface area (Å²) in [7, 11) is 0. The van der Waals surface area contributed by atoms with E-state index >= 15 is 0 Å². The van der Waals surface area contributed by atoms with E-state index in [0.717, 1.165) is 0 Å². The average Bonchev–Trinajstić information content (AvgIpc) is 3.18. The van der Waals surface area contributed by atoms with Crippen molar-refractivity contribution in [2.24, 2.45) is 0 Å². The molecule has 35 heavy (non-hydrogen) atoms. The van der Waals surface area contributed by atoms with Crippen molar-refractivity contribution in [3.05, 3.63) is 90.0 Å². The van der Waals surface area contributed by atoms with Crippen molar-refractivity contribution in [1.29, 1.82) is 0 Å². The van der Waals surface area contributed by atoms with Crippen LogP contribution in [0, 0.1) is 0 Å². The Morgan fingerprint density at radius 2 is 1.86 bits per heavy atom. The lowest BCUT2D eigenvalue weighted by Crippen LogP contribution is -2.35. The second-order valence-electron chi connectivity index (χ2n) is 7.93. The number of para-hydroxylation sites is 1. The highest BCUT2D eigenvalue weighted by atomic mass is 16.5. The van der Waals surface area contributed by atoms with Crippen LogP contribution in [-0.4, -0.2) is 38.3 Å². The van der Waals surface area contributed by atoms with Crippen molar-refractivity contribution in [2.75, 3.05) is 18.9 Å². The zero-order valence-corrected chi connectivity index (χ0v) is 19.1. The van der Waals surface area contributed by atoms with Gasteiger partial charge in [0.05, 0.1) is 17.2 Å². The van der Waals surface area contributed by atoms with Gasteiger partial charge in [0.1, 0.15) is 22.8 Å². The Labute approximate surface area is 202 Å². The molecule has 180 valence electrons. The van der Waals surface area contributed by atoms with Crippen LogP contribution in [0.5, 0.6) is 11.5 Å². The standard InChI is InChI=1S/C26H27N5O4/c1-2-23(33)29-17-19(7-6-16-32)30-22-14-15-28-25(27)24(22)31(26(30)34)18-10-12-21(13-11-18)35-20-8-4-3-5-9-20/h2-5,8-15,19,32H,1,6-7,16-17H2,(H2,27,28)(H,29,33)/t19-/m1/s1. The molecule has 2 heterocycles. The number of fused-ring (bicyclic) bond motifs is 1. The fourth-order valence-electron chi connectivity index (χ4n) is 4.01. The number of aliphatic hydroxyl groups excluding tert-OH is 1. The van der Waals surface area contributed by atoms with Crippen LogP contribution in [0.1, 0.15) is 18.9 Å². The summed E-state index contributed by atoms with van der Waals surface area (Å²) in [5.74, 6) is 1.19. The predicted octanol–water partition coefficient (Wildman–Crippen LogP) is 3.18. The highest BCUT2D eigenvalue weighted by Crippen LogP contribution is 2.27. The topological polar surface area (TPSA) is 124 Å². The van der Waals surface area contributed by atoms with Crippen LogP contribution in [0.2, 0.25) is 0 Å². The maximum absolute atomic E-state index is 13.8. The molecule has 0 radical (unpaired) electrons. The Hall–Kier alpha value is -4.37. The molecule has 0 aliphatic heterocycles. The van der Waals surface area contributed by atoms with Gasteiger partial charge in [0.2, 0.25) is 5.91 Å². The van der Waals surface area contributed by atoms with Gasteiger partial charge in [-0.3, -0.25) is 13.9 Å². The number of nitrogens with one attached hydrogen (secondary N) is 1.